The molecule has 0 unspecified atom stereocenters. The fraction of sp³-hybridized carbons (Fsp3) is 0.333. The maximum atomic E-state index is 12.2. The molecule has 1 heterocycles. The molecule has 1 fully saturated rings. The highest BCUT2D eigenvalue weighted by molar-refractivity contribution is 5.92. The van der Waals surface area contributed by atoms with E-state index in [1.54, 1.807) is 26.4 Å². The summed E-state index contributed by atoms with van der Waals surface area (Å²) in [6.07, 6.45) is 2.79. The smallest absolute Gasteiger partial charge is 0.270 e. The molecule has 24 heavy (non-hydrogen) atoms. The summed E-state index contributed by atoms with van der Waals surface area (Å²) in [5.74, 6) is 0.520. The Labute approximate surface area is 140 Å². The van der Waals surface area contributed by atoms with Gasteiger partial charge in [-0.2, -0.15) is 0 Å². The van der Waals surface area contributed by atoms with Crippen molar-refractivity contribution in [1.29, 1.82) is 0 Å². The Morgan fingerprint density at radius 3 is 2.38 bits per heavy atom. The van der Waals surface area contributed by atoms with Gasteiger partial charge in [0.05, 0.1) is 6.20 Å². The van der Waals surface area contributed by atoms with Crippen LogP contribution in [0.15, 0.2) is 48.7 Å². The number of carbonyl (C=O) groups excluding carboxylic acids is 1. The number of pyridine rings is 1. The lowest BCUT2D eigenvalue weighted by atomic mass is 9.85. The van der Waals surface area contributed by atoms with Crippen LogP contribution in [0, 0.1) is 0 Å². The lowest BCUT2D eigenvalue weighted by molar-refractivity contribution is -0.258. The average molecular weight is 328 g/mol. The fourth-order valence-electron chi connectivity index (χ4n) is 2.67. The number of para-hydroxylation sites is 1. The highest BCUT2D eigenvalue weighted by atomic mass is 16.7. The SMILES string of the molecule is COC1(OC)CC(NC(=O)c2ccc(Oc3ccccc3)cn2)C1. The summed E-state index contributed by atoms with van der Waals surface area (Å²) in [6, 6.07) is 12.8. The van der Waals surface area contributed by atoms with Gasteiger partial charge in [0, 0.05) is 33.1 Å². The van der Waals surface area contributed by atoms with E-state index in [0.29, 0.717) is 24.3 Å². The minimum Gasteiger partial charge on any atom is -0.456 e. The number of ether oxygens (including phenoxy) is 3. The first-order chi connectivity index (χ1) is 11.6. The standard InChI is InChI=1S/C18H20N2O4/c1-22-18(23-2)10-13(11-18)20-17(21)16-9-8-15(12-19-16)24-14-6-4-3-5-7-14/h3-9,12-13H,10-11H2,1-2H3,(H,20,21). The van der Waals surface area contributed by atoms with Crippen LogP contribution >= 0.6 is 0 Å². The highest BCUT2D eigenvalue weighted by Gasteiger charge is 2.45. The summed E-state index contributed by atoms with van der Waals surface area (Å²) >= 11 is 0. The lowest BCUT2D eigenvalue weighted by Gasteiger charge is -2.45. The Hall–Kier alpha value is -2.44. The molecular formula is C18H20N2O4. The van der Waals surface area contributed by atoms with Crippen molar-refractivity contribution in [3.8, 4) is 11.5 Å². The monoisotopic (exact) mass is 328 g/mol. The van der Waals surface area contributed by atoms with Gasteiger partial charge in [-0.05, 0) is 24.3 Å². The van der Waals surface area contributed by atoms with Crippen LogP contribution in [0.1, 0.15) is 23.3 Å². The summed E-state index contributed by atoms with van der Waals surface area (Å²) in [6.45, 7) is 0. The third kappa shape index (κ3) is 3.55. The number of nitrogens with one attached hydrogen (secondary N) is 1. The van der Waals surface area contributed by atoms with Gasteiger partial charge in [-0.3, -0.25) is 4.79 Å². The van der Waals surface area contributed by atoms with E-state index < -0.39 is 5.79 Å². The molecular weight excluding hydrogens is 308 g/mol. The molecule has 126 valence electrons. The molecule has 6 nitrogen and oxygen atoms in total. The topological polar surface area (TPSA) is 69.7 Å². The van der Waals surface area contributed by atoms with Crippen LogP contribution in [0.3, 0.4) is 0 Å². The van der Waals surface area contributed by atoms with Crippen molar-refractivity contribution in [3.63, 3.8) is 0 Å². The summed E-state index contributed by atoms with van der Waals surface area (Å²) in [5.41, 5.74) is 0.350. The third-order valence-corrected chi connectivity index (χ3v) is 4.14. The number of amides is 1. The molecule has 6 heteroatoms. The number of benzene rings is 1. The van der Waals surface area contributed by atoms with Gasteiger partial charge in [-0.25, -0.2) is 4.98 Å². The largest absolute Gasteiger partial charge is 0.456 e. The van der Waals surface area contributed by atoms with Gasteiger partial charge in [-0.15, -0.1) is 0 Å². The van der Waals surface area contributed by atoms with Crippen molar-refractivity contribution in [2.75, 3.05) is 14.2 Å². The molecule has 0 spiro atoms. The normalized spacial score (nSPS) is 16.2. The maximum Gasteiger partial charge on any atom is 0.270 e. The van der Waals surface area contributed by atoms with Gasteiger partial charge in [0.15, 0.2) is 5.79 Å². The fourth-order valence-corrected chi connectivity index (χ4v) is 2.67. The van der Waals surface area contributed by atoms with E-state index >= 15 is 0 Å². The minimum absolute atomic E-state index is 0.0273. The molecule has 0 radical (unpaired) electrons. The second-order valence-electron chi connectivity index (χ2n) is 5.69. The zero-order valence-corrected chi connectivity index (χ0v) is 13.7. The zero-order chi connectivity index (χ0) is 17.0. The summed E-state index contributed by atoms with van der Waals surface area (Å²) in [5, 5.41) is 2.92. The Morgan fingerprint density at radius 2 is 1.79 bits per heavy atom. The van der Waals surface area contributed by atoms with Gasteiger partial charge < -0.3 is 19.5 Å². The molecule has 1 aliphatic rings. The van der Waals surface area contributed by atoms with Crippen LogP contribution in [0.5, 0.6) is 11.5 Å². The first kappa shape index (κ1) is 16.4. The van der Waals surface area contributed by atoms with E-state index in [4.69, 9.17) is 14.2 Å². The van der Waals surface area contributed by atoms with E-state index in [-0.39, 0.29) is 11.9 Å². The van der Waals surface area contributed by atoms with E-state index in [1.165, 1.54) is 6.20 Å². The predicted octanol–water partition coefficient (Wildman–Crippen LogP) is 2.76. The van der Waals surface area contributed by atoms with Crippen LogP contribution in [-0.4, -0.2) is 36.9 Å². The van der Waals surface area contributed by atoms with Gasteiger partial charge in [-0.1, -0.05) is 18.2 Å². The molecule has 0 atom stereocenters. The molecule has 1 N–H and O–H groups in total. The van der Waals surface area contributed by atoms with Crippen molar-refractivity contribution in [2.24, 2.45) is 0 Å². The lowest BCUT2D eigenvalue weighted by Crippen LogP contribution is -2.57. The van der Waals surface area contributed by atoms with Crippen molar-refractivity contribution in [2.45, 2.75) is 24.7 Å². The highest BCUT2D eigenvalue weighted by Crippen LogP contribution is 2.36. The molecule has 0 aliphatic heterocycles. The van der Waals surface area contributed by atoms with Crippen LogP contribution in [-0.2, 0) is 9.47 Å². The van der Waals surface area contributed by atoms with Crippen LogP contribution in [0.2, 0.25) is 0 Å². The van der Waals surface area contributed by atoms with Gasteiger partial charge >= 0.3 is 0 Å². The molecule has 1 aliphatic carbocycles. The summed E-state index contributed by atoms with van der Waals surface area (Å²) in [7, 11) is 3.21. The number of carbonyl (C=O) groups is 1. The zero-order valence-electron chi connectivity index (χ0n) is 13.7. The Morgan fingerprint density at radius 1 is 1.08 bits per heavy atom. The van der Waals surface area contributed by atoms with Crippen molar-refractivity contribution in [1.82, 2.24) is 10.3 Å². The number of methoxy groups -OCH3 is 2. The Balaban J connectivity index is 1.55. The molecule has 2 aromatic rings. The maximum absolute atomic E-state index is 12.2. The van der Waals surface area contributed by atoms with Gasteiger partial charge in [0.25, 0.3) is 5.91 Å². The van der Waals surface area contributed by atoms with E-state index in [1.807, 2.05) is 30.3 Å². The molecule has 1 aromatic carbocycles. The summed E-state index contributed by atoms with van der Waals surface area (Å²) < 4.78 is 16.3. The predicted molar refractivity (Wildman–Crippen MR) is 88.0 cm³/mol. The molecule has 1 saturated carbocycles. The average Bonchev–Trinajstić information content (AvgIpc) is 2.59. The first-order valence-corrected chi connectivity index (χ1v) is 7.74. The van der Waals surface area contributed by atoms with Crippen molar-refractivity contribution >= 4 is 5.91 Å². The Kier molecular flexibility index (Phi) is 4.78. The molecule has 0 saturated heterocycles. The second-order valence-corrected chi connectivity index (χ2v) is 5.69. The quantitative estimate of drug-likeness (QED) is 0.826. The van der Waals surface area contributed by atoms with Crippen LogP contribution in [0.4, 0.5) is 0 Å². The third-order valence-electron chi connectivity index (χ3n) is 4.14. The van der Waals surface area contributed by atoms with Crippen LogP contribution < -0.4 is 10.1 Å². The number of hydrogen-bond donors (Lipinski definition) is 1. The molecule has 0 bridgehead atoms. The van der Waals surface area contributed by atoms with Crippen LogP contribution in [0.25, 0.3) is 0 Å². The minimum atomic E-state index is -0.571. The van der Waals surface area contributed by atoms with E-state index in [0.717, 1.165) is 5.75 Å². The first-order valence-electron chi connectivity index (χ1n) is 7.74. The van der Waals surface area contributed by atoms with E-state index in [9.17, 15) is 4.79 Å². The van der Waals surface area contributed by atoms with Crippen molar-refractivity contribution in [3.05, 3.63) is 54.4 Å². The number of rotatable bonds is 6. The number of hydrogen-bond acceptors (Lipinski definition) is 5. The summed E-state index contributed by atoms with van der Waals surface area (Å²) in [4.78, 5) is 16.4. The van der Waals surface area contributed by atoms with E-state index in [2.05, 4.69) is 10.3 Å². The van der Waals surface area contributed by atoms with Crippen molar-refractivity contribution < 1.29 is 19.0 Å². The Bertz CT molecular complexity index is 676. The second kappa shape index (κ2) is 6.98. The molecule has 3 rings (SSSR count). The van der Waals surface area contributed by atoms with Gasteiger partial charge in [0.2, 0.25) is 0 Å². The molecule has 1 aromatic heterocycles. The van der Waals surface area contributed by atoms with Gasteiger partial charge in [0.1, 0.15) is 17.2 Å². The number of aromatic nitrogens is 1. The number of nitrogens with zero attached hydrogens (tertiary/aromatic N) is 1. The molecule has 1 amide bonds.